The van der Waals surface area contributed by atoms with Gasteiger partial charge in [0.25, 0.3) is 0 Å². The first-order valence-corrected chi connectivity index (χ1v) is 10.1. The van der Waals surface area contributed by atoms with Crippen molar-refractivity contribution in [3.63, 3.8) is 0 Å². The van der Waals surface area contributed by atoms with Crippen LogP contribution in [0, 0.1) is 25.2 Å². The molecule has 3 rings (SSSR count). The Labute approximate surface area is 178 Å². The predicted molar refractivity (Wildman–Crippen MR) is 121 cm³/mol. The predicted octanol–water partition coefficient (Wildman–Crippen LogP) is 3.07. The summed E-state index contributed by atoms with van der Waals surface area (Å²) in [5, 5.41) is 9.08. The van der Waals surface area contributed by atoms with Gasteiger partial charge in [0.2, 0.25) is 5.91 Å². The molecule has 0 radical (unpaired) electrons. The van der Waals surface area contributed by atoms with Crippen LogP contribution in [0.4, 0.5) is 5.69 Å². The largest absolute Gasteiger partial charge is 0.493 e. The number of aryl methyl sites for hydroxylation is 1. The number of nitrogens with zero attached hydrogens (tertiary/aromatic N) is 1. The quantitative estimate of drug-likeness (QED) is 0.359. The average Bonchev–Trinajstić information content (AvgIpc) is 3.58. The highest BCUT2D eigenvalue weighted by Crippen LogP contribution is 2.30. The summed E-state index contributed by atoms with van der Waals surface area (Å²) in [5.74, 6) is 4.50. The third-order valence-electron chi connectivity index (χ3n) is 4.79. The van der Waals surface area contributed by atoms with E-state index in [2.05, 4.69) is 52.0 Å². The Morgan fingerprint density at radius 2 is 2.07 bits per heavy atom. The molecule has 0 spiro atoms. The van der Waals surface area contributed by atoms with E-state index in [0.29, 0.717) is 24.1 Å². The molecule has 1 aliphatic rings. The summed E-state index contributed by atoms with van der Waals surface area (Å²) in [6.45, 7) is 3.45. The van der Waals surface area contributed by atoms with Gasteiger partial charge < -0.3 is 20.7 Å². The van der Waals surface area contributed by atoms with E-state index >= 15 is 0 Å². The second-order valence-electron chi connectivity index (χ2n) is 7.42. The lowest BCUT2D eigenvalue weighted by Crippen LogP contribution is -2.41. The summed E-state index contributed by atoms with van der Waals surface area (Å²) in [7, 11) is 1.67. The van der Waals surface area contributed by atoms with Crippen LogP contribution in [0.15, 0.2) is 47.5 Å². The van der Waals surface area contributed by atoms with E-state index in [9.17, 15) is 4.79 Å². The van der Waals surface area contributed by atoms with Gasteiger partial charge in [0.1, 0.15) is 5.75 Å². The number of nitrogens with one attached hydrogen (secondary N) is 3. The lowest BCUT2D eigenvalue weighted by atomic mass is 10.1. The van der Waals surface area contributed by atoms with E-state index < -0.39 is 0 Å². The number of amides is 1. The lowest BCUT2D eigenvalue weighted by Gasteiger charge is -2.15. The molecular weight excluding hydrogens is 376 g/mol. The van der Waals surface area contributed by atoms with Crippen LogP contribution in [0.2, 0.25) is 0 Å². The molecule has 6 heteroatoms. The van der Waals surface area contributed by atoms with Gasteiger partial charge >= 0.3 is 0 Å². The van der Waals surface area contributed by atoms with E-state index in [-0.39, 0.29) is 12.5 Å². The van der Waals surface area contributed by atoms with Gasteiger partial charge in [0.15, 0.2) is 5.96 Å². The van der Waals surface area contributed by atoms with Crippen molar-refractivity contribution in [2.45, 2.75) is 26.3 Å². The minimum absolute atomic E-state index is 0.0822. The van der Waals surface area contributed by atoms with Gasteiger partial charge in [-0.25, -0.2) is 0 Å². The van der Waals surface area contributed by atoms with Crippen molar-refractivity contribution in [2.24, 2.45) is 10.9 Å². The van der Waals surface area contributed by atoms with Crippen molar-refractivity contribution < 1.29 is 9.53 Å². The van der Waals surface area contributed by atoms with Crippen LogP contribution in [0.1, 0.15) is 29.5 Å². The molecule has 1 amide bonds. The molecule has 0 aliphatic heterocycles. The van der Waals surface area contributed by atoms with E-state index in [1.54, 1.807) is 19.2 Å². The third-order valence-corrected chi connectivity index (χ3v) is 4.79. The Bertz CT molecular complexity index is 958. The van der Waals surface area contributed by atoms with E-state index in [1.165, 1.54) is 12.8 Å². The molecule has 0 heterocycles. The summed E-state index contributed by atoms with van der Waals surface area (Å²) >= 11 is 0. The molecule has 6 nitrogen and oxygen atoms in total. The highest BCUT2D eigenvalue weighted by atomic mass is 16.5. The van der Waals surface area contributed by atoms with Crippen LogP contribution in [-0.4, -0.2) is 32.1 Å². The summed E-state index contributed by atoms with van der Waals surface area (Å²) in [6, 6.07) is 13.4. The number of ether oxygens (including phenoxy) is 1. The smallest absolute Gasteiger partial charge is 0.243 e. The van der Waals surface area contributed by atoms with Crippen LogP contribution < -0.4 is 20.7 Å². The lowest BCUT2D eigenvalue weighted by molar-refractivity contribution is -0.115. The molecule has 1 fully saturated rings. The Balaban J connectivity index is 1.49. The molecule has 1 saturated carbocycles. The van der Waals surface area contributed by atoms with Crippen LogP contribution in [0.3, 0.4) is 0 Å². The van der Waals surface area contributed by atoms with Crippen LogP contribution in [0.25, 0.3) is 0 Å². The first-order chi connectivity index (χ1) is 14.6. The minimum atomic E-state index is -0.184. The number of carbonyl (C=O) groups is 1. The number of terminal acetylenes is 1. The van der Waals surface area contributed by atoms with Crippen molar-refractivity contribution >= 4 is 17.6 Å². The number of rotatable bonds is 8. The number of anilines is 1. The first kappa shape index (κ1) is 21.3. The molecule has 0 unspecified atom stereocenters. The van der Waals surface area contributed by atoms with Gasteiger partial charge in [-0.3, -0.25) is 9.79 Å². The van der Waals surface area contributed by atoms with Crippen molar-refractivity contribution in [1.29, 1.82) is 0 Å². The Morgan fingerprint density at radius 3 is 2.80 bits per heavy atom. The third kappa shape index (κ3) is 6.56. The number of carbonyl (C=O) groups excluding carboxylic acids is 1. The fourth-order valence-electron chi connectivity index (χ4n) is 2.89. The summed E-state index contributed by atoms with van der Waals surface area (Å²) in [4.78, 5) is 16.4. The first-order valence-electron chi connectivity index (χ1n) is 10.1. The van der Waals surface area contributed by atoms with E-state index in [0.717, 1.165) is 29.0 Å². The van der Waals surface area contributed by atoms with Gasteiger partial charge in [0, 0.05) is 30.4 Å². The number of benzene rings is 2. The number of guanidine groups is 1. The Morgan fingerprint density at radius 1 is 1.23 bits per heavy atom. The van der Waals surface area contributed by atoms with Crippen molar-refractivity contribution in [3.05, 3.63) is 59.2 Å². The van der Waals surface area contributed by atoms with Gasteiger partial charge in [-0.15, -0.1) is 6.42 Å². The number of hydrogen-bond acceptors (Lipinski definition) is 3. The molecule has 1 aliphatic carbocycles. The molecular formula is C24H28N4O2. The fraction of sp³-hybridized carbons (Fsp3) is 0.333. The standard InChI is InChI=1S/C24H28N4O2/c1-4-18-6-5-7-21(13-18)28-23(29)15-27-24(25-3)26-14-20-11-8-17(2)12-22(20)30-16-19-9-10-19/h1,5-8,11-13,19H,9-10,14-16H2,2-3H3,(H,28,29)(H2,25,26,27). The second kappa shape index (κ2) is 10.4. The second-order valence-corrected chi connectivity index (χ2v) is 7.42. The highest BCUT2D eigenvalue weighted by Gasteiger charge is 2.22. The molecule has 0 bridgehead atoms. The van der Waals surface area contributed by atoms with Crippen LogP contribution in [-0.2, 0) is 11.3 Å². The van der Waals surface area contributed by atoms with Crippen LogP contribution >= 0.6 is 0 Å². The number of hydrogen-bond donors (Lipinski definition) is 3. The summed E-state index contributed by atoms with van der Waals surface area (Å²) < 4.78 is 6.01. The zero-order chi connectivity index (χ0) is 21.3. The topological polar surface area (TPSA) is 74.8 Å². The summed E-state index contributed by atoms with van der Waals surface area (Å²) in [5.41, 5.74) is 3.60. The molecule has 2 aromatic rings. The normalized spacial score (nSPS) is 13.3. The van der Waals surface area contributed by atoms with Crippen LogP contribution in [0.5, 0.6) is 5.75 Å². The minimum Gasteiger partial charge on any atom is -0.493 e. The Hall–Kier alpha value is -3.46. The molecule has 0 atom stereocenters. The zero-order valence-corrected chi connectivity index (χ0v) is 17.5. The number of aliphatic imine (C=N–C) groups is 1. The molecule has 3 N–H and O–H groups in total. The average molecular weight is 405 g/mol. The molecule has 0 saturated heterocycles. The molecule has 0 aromatic heterocycles. The fourth-order valence-corrected chi connectivity index (χ4v) is 2.89. The molecule has 30 heavy (non-hydrogen) atoms. The zero-order valence-electron chi connectivity index (χ0n) is 17.5. The van der Waals surface area contributed by atoms with Crippen molar-refractivity contribution in [1.82, 2.24) is 10.6 Å². The molecule has 156 valence electrons. The maximum absolute atomic E-state index is 12.2. The monoisotopic (exact) mass is 404 g/mol. The molecule has 2 aromatic carbocycles. The SMILES string of the molecule is C#Cc1cccc(NC(=O)CNC(=NC)NCc2ccc(C)cc2OCC2CC2)c1. The van der Waals surface area contributed by atoms with Gasteiger partial charge in [-0.2, -0.15) is 0 Å². The van der Waals surface area contributed by atoms with E-state index in [1.807, 2.05) is 12.1 Å². The summed E-state index contributed by atoms with van der Waals surface area (Å²) in [6.07, 6.45) is 7.90. The maximum Gasteiger partial charge on any atom is 0.243 e. The van der Waals surface area contributed by atoms with Crippen molar-refractivity contribution in [2.75, 3.05) is 25.5 Å². The van der Waals surface area contributed by atoms with Gasteiger partial charge in [-0.1, -0.05) is 24.1 Å². The highest BCUT2D eigenvalue weighted by molar-refractivity contribution is 5.95. The maximum atomic E-state index is 12.2. The van der Waals surface area contributed by atoms with Gasteiger partial charge in [0.05, 0.1) is 13.2 Å². The van der Waals surface area contributed by atoms with Crippen molar-refractivity contribution in [3.8, 4) is 18.1 Å². The van der Waals surface area contributed by atoms with Gasteiger partial charge in [-0.05, 0) is 55.5 Å². The Kier molecular flexibility index (Phi) is 7.34. The van der Waals surface area contributed by atoms with E-state index in [4.69, 9.17) is 11.2 Å².